The van der Waals surface area contributed by atoms with Gasteiger partial charge in [-0.25, -0.2) is 4.98 Å². The van der Waals surface area contributed by atoms with Gasteiger partial charge >= 0.3 is 5.97 Å². The van der Waals surface area contributed by atoms with Crippen LogP contribution >= 0.6 is 11.3 Å². The fraction of sp³-hybridized carbons (Fsp3) is 0.200. The summed E-state index contributed by atoms with van der Waals surface area (Å²) >= 11 is 1.46. The second kappa shape index (κ2) is 6.97. The van der Waals surface area contributed by atoms with Crippen molar-refractivity contribution in [2.75, 3.05) is 0 Å². The molecule has 0 saturated carbocycles. The molecule has 0 aliphatic heterocycles. The molecule has 1 heterocycles. The smallest absolute Gasteiger partial charge is 0.308 e. The van der Waals surface area contributed by atoms with E-state index >= 15 is 0 Å². The molecule has 1 N–H and O–H groups in total. The van der Waals surface area contributed by atoms with Gasteiger partial charge in [-0.05, 0) is 11.5 Å². The molecular weight excluding hydrogens is 318 g/mol. The van der Waals surface area contributed by atoms with Crippen LogP contribution in [0, 0.1) is 0 Å². The highest BCUT2D eigenvalue weighted by Crippen LogP contribution is 2.34. The number of hydrogen-bond donors (Lipinski definition) is 1. The molecule has 0 fully saturated rings. The van der Waals surface area contributed by atoms with Gasteiger partial charge in [-0.2, -0.15) is 0 Å². The molecule has 3 nitrogen and oxygen atoms in total. The maximum Gasteiger partial charge on any atom is 0.308 e. The average Bonchev–Trinajstić information content (AvgIpc) is 2.99. The molecule has 0 amide bonds. The largest absolute Gasteiger partial charge is 0.481 e. The lowest BCUT2D eigenvalue weighted by Crippen LogP contribution is -1.99. The summed E-state index contributed by atoms with van der Waals surface area (Å²) in [5.41, 5.74) is 4.03. The SMILES string of the molecule is CC(C)c1ccc(-c2nc(-c3ccccc3)c(CC(=O)O)s2)cc1. The molecule has 3 aromatic rings. The van der Waals surface area contributed by atoms with Gasteiger partial charge in [0.05, 0.1) is 12.1 Å². The number of carbonyl (C=O) groups is 1. The number of hydrogen-bond acceptors (Lipinski definition) is 3. The quantitative estimate of drug-likeness (QED) is 0.694. The van der Waals surface area contributed by atoms with Crippen LogP contribution in [0.1, 0.15) is 30.2 Å². The maximum atomic E-state index is 11.2. The molecule has 0 aliphatic carbocycles. The van der Waals surface area contributed by atoms with Gasteiger partial charge in [0.2, 0.25) is 0 Å². The van der Waals surface area contributed by atoms with Crippen molar-refractivity contribution in [3.8, 4) is 21.8 Å². The third kappa shape index (κ3) is 3.54. The Labute approximate surface area is 145 Å². The van der Waals surface area contributed by atoms with Crippen molar-refractivity contribution < 1.29 is 9.90 Å². The lowest BCUT2D eigenvalue weighted by molar-refractivity contribution is -0.136. The number of rotatable bonds is 5. The number of carboxylic acids is 1. The van der Waals surface area contributed by atoms with E-state index in [1.807, 2.05) is 30.3 Å². The Morgan fingerprint density at radius 3 is 2.29 bits per heavy atom. The van der Waals surface area contributed by atoms with Gasteiger partial charge in [-0.3, -0.25) is 4.79 Å². The highest BCUT2D eigenvalue weighted by Gasteiger charge is 2.16. The second-order valence-electron chi connectivity index (χ2n) is 6.00. The zero-order valence-corrected chi connectivity index (χ0v) is 14.5. The fourth-order valence-electron chi connectivity index (χ4n) is 2.56. The summed E-state index contributed by atoms with van der Waals surface area (Å²) in [4.78, 5) is 16.7. The molecule has 0 radical (unpaired) electrons. The lowest BCUT2D eigenvalue weighted by Gasteiger charge is -2.05. The summed E-state index contributed by atoms with van der Waals surface area (Å²) in [7, 11) is 0. The van der Waals surface area contributed by atoms with Gasteiger partial charge in [0, 0.05) is 16.0 Å². The number of aliphatic carboxylic acids is 1. The summed E-state index contributed by atoms with van der Waals surface area (Å²) in [6, 6.07) is 18.1. The molecule has 3 rings (SSSR count). The van der Waals surface area contributed by atoms with Gasteiger partial charge in [0.1, 0.15) is 5.01 Å². The summed E-state index contributed by atoms with van der Waals surface area (Å²) in [5.74, 6) is -0.352. The molecule has 24 heavy (non-hydrogen) atoms. The molecule has 0 unspecified atom stereocenters. The van der Waals surface area contributed by atoms with Gasteiger partial charge in [-0.15, -0.1) is 11.3 Å². The van der Waals surface area contributed by atoms with Crippen molar-refractivity contribution in [3.05, 3.63) is 65.0 Å². The van der Waals surface area contributed by atoms with E-state index in [0.717, 1.165) is 26.7 Å². The van der Waals surface area contributed by atoms with Gasteiger partial charge in [0.25, 0.3) is 0 Å². The molecule has 2 aromatic carbocycles. The summed E-state index contributed by atoms with van der Waals surface area (Å²) in [6.07, 6.45) is -0.00796. The normalized spacial score (nSPS) is 11.0. The molecular formula is C20H19NO2S. The zero-order chi connectivity index (χ0) is 17.1. The third-order valence-corrected chi connectivity index (χ3v) is 4.99. The maximum absolute atomic E-state index is 11.2. The van der Waals surface area contributed by atoms with Crippen LogP contribution < -0.4 is 0 Å². The number of thiazole rings is 1. The van der Waals surface area contributed by atoms with Crippen LogP contribution in [0.2, 0.25) is 0 Å². The molecule has 0 bridgehead atoms. The molecule has 0 aliphatic rings. The van der Waals surface area contributed by atoms with E-state index in [2.05, 4.69) is 38.1 Å². The van der Waals surface area contributed by atoms with E-state index in [1.54, 1.807) is 0 Å². The number of aromatic nitrogens is 1. The first-order valence-electron chi connectivity index (χ1n) is 7.92. The van der Waals surface area contributed by atoms with Crippen molar-refractivity contribution in [2.45, 2.75) is 26.2 Å². The highest BCUT2D eigenvalue weighted by molar-refractivity contribution is 7.15. The molecule has 0 saturated heterocycles. The Balaban J connectivity index is 2.03. The third-order valence-electron chi connectivity index (χ3n) is 3.88. The number of carboxylic acid groups (broad SMARTS) is 1. The van der Waals surface area contributed by atoms with Gasteiger partial charge < -0.3 is 5.11 Å². The van der Waals surface area contributed by atoms with E-state index in [0.29, 0.717) is 5.92 Å². The number of nitrogens with zero attached hydrogens (tertiary/aromatic N) is 1. The second-order valence-corrected chi connectivity index (χ2v) is 7.09. The Kier molecular flexibility index (Phi) is 4.76. The van der Waals surface area contributed by atoms with Crippen LogP contribution in [0.4, 0.5) is 0 Å². The van der Waals surface area contributed by atoms with Gasteiger partial charge in [-0.1, -0.05) is 68.4 Å². The van der Waals surface area contributed by atoms with Crippen LogP contribution in [0.5, 0.6) is 0 Å². The molecule has 0 spiro atoms. The van der Waals surface area contributed by atoms with Crippen LogP contribution in [-0.2, 0) is 11.2 Å². The first kappa shape index (κ1) is 16.4. The number of benzene rings is 2. The molecule has 1 aromatic heterocycles. The van der Waals surface area contributed by atoms with Crippen molar-refractivity contribution in [1.82, 2.24) is 4.98 Å². The highest BCUT2D eigenvalue weighted by atomic mass is 32.1. The van der Waals surface area contributed by atoms with E-state index in [9.17, 15) is 9.90 Å². The minimum Gasteiger partial charge on any atom is -0.481 e. The zero-order valence-electron chi connectivity index (χ0n) is 13.7. The predicted molar refractivity (Wildman–Crippen MR) is 98.4 cm³/mol. The van der Waals surface area contributed by atoms with Crippen molar-refractivity contribution in [3.63, 3.8) is 0 Å². The summed E-state index contributed by atoms with van der Waals surface area (Å²) in [5, 5.41) is 10.1. The fourth-order valence-corrected chi connectivity index (χ4v) is 3.64. The van der Waals surface area contributed by atoms with Crippen molar-refractivity contribution in [2.24, 2.45) is 0 Å². The monoisotopic (exact) mass is 337 g/mol. The van der Waals surface area contributed by atoms with Crippen LogP contribution in [0.15, 0.2) is 54.6 Å². The lowest BCUT2D eigenvalue weighted by atomic mass is 10.0. The molecule has 0 atom stereocenters. The van der Waals surface area contributed by atoms with E-state index in [1.165, 1.54) is 16.9 Å². The van der Waals surface area contributed by atoms with Crippen molar-refractivity contribution in [1.29, 1.82) is 0 Å². The Morgan fingerprint density at radius 1 is 1.04 bits per heavy atom. The van der Waals surface area contributed by atoms with E-state index < -0.39 is 5.97 Å². The Bertz CT molecular complexity index is 836. The summed E-state index contributed by atoms with van der Waals surface area (Å²) in [6.45, 7) is 4.33. The molecule has 4 heteroatoms. The Hall–Kier alpha value is -2.46. The minimum atomic E-state index is -0.836. The van der Waals surface area contributed by atoms with Crippen LogP contribution in [-0.4, -0.2) is 16.1 Å². The van der Waals surface area contributed by atoms with Crippen molar-refractivity contribution >= 4 is 17.3 Å². The van der Waals surface area contributed by atoms with E-state index in [-0.39, 0.29) is 6.42 Å². The first-order chi connectivity index (χ1) is 11.5. The van der Waals surface area contributed by atoms with Gasteiger partial charge in [0.15, 0.2) is 0 Å². The molecule has 122 valence electrons. The topological polar surface area (TPSA) is 50.2 Å². The minimum absolute atomic E-state index is 0.00796. The Morgan fingerprint density at radius 2 is 1.71 bits per heavy atom. The standard InChI is InChI=1S/C20H19NO2S/c1-13(2)14-8-10-16(11-9-14)20-21-19(15-6-4-3-5-7-15)17(24-20)12-18(22)23/h3-11,13H,12H2,1-2H3,(H,22,23). The predicted octanol–water partition coefficient (Wildman–Crippen LogP) is 5.23. The van der Waals surface area contributed by atoms with E-state index in [4.69, 9.17) is 4.98 Å². The first-order valence-corrected chi connectivity index (χ1v) is 8.73. The average molecular weight is 337 g/mol. The van der Waals surface area contributed by atoms with Crippen LogP contribution in [0.25, 0.3) is 21.8 Å². The summed E-state index contributed by atoms with van der Waals surface area (Å²) < 4.78 is 0. The van der Waals surface area contributed by atoms with Crippen LogP contribution in [0.3, 0.4) is 0 Å².